The van der Waals surface area contributed by atoms with Gasteiger partial charge >= 0.3 is 6.03 Å². The molecule has 1 aromatic heterocycles. The van der Waals surface area contributed by atoms with Gasteiger partial charge in [-0.25, -0.2) is 9.78 Å². The predicted octanol–water partition coefficient (Wildman–Crippen LogP) is 4.94. The van der Waals surface area contributed by atoms with Crippen molar-refractivity contribution in [3.05, 3.63) is 88.5 Å². The quantitative estimate of drug-likeness (QED) is 0.430. The van der Waals surface area contributed by atoms with Crippen molar-refractivity contribution in [1.82, 2.24) is 14.5 Å². The molecule has 0 saturated heterocycles. The fourth-order valence-electron chi connectivity index (χ4n) is 3.93. The lowest BCUT2D eigenvalue weighted by Crippen LogP contribution is -2.37. The summed E-state index contributed by atoms with van der Waals surface area (Å²) in [5.41, 5.74) is 2.55. The van der Waals surface area contributed by atoms with E-state index in [1.165, 1.54) is 12.0 Å². The highest BCUT2D eigenvalue weighted by Gasteiger charge is 2.25. The summed E-state index contributed by atoms with van der Waals surface area (Å²) in [5, 5.41) is 3.39. The largest absolute Gasteiger partial charge is 0.497 e. The molecule has 4 aromatic rings. The number of hydrogen-bond donors (Lipinski definition) is 1. The molecular weight excluding hydrogens is 444 g/mol. The first-order valence-corrected chi connectivity index (χ1v) is 11.2. The van der Waals surface area contributed by atoms with Gasteiger partial charge in [0.05, 0.1) is 42.5 Å². The van der Waals surface area contributed by atoms with Gasteiger partial charge in [0.1, 0.15) is 17.3 Å². The Kier molecular flexibility index (Phi) is 6.73. The van der Waals surface area contributed by atoms with Gasteiger partial charge in [-0.2, -0.15) is 0 Å². The lowest BCUT2D eigenvalue weighted by Gasteiger charge is -2.28. The van der Waals surface area contributed by atoms with Gasteiger partial charge in [-0.05, 0) is 49.7 Å². The number of para-hydroxylation sites is 2. The Morgan fingerprint density at radius 1 is 1.03 bits per heavy atom. The number of ether oxygens (including phenoxy) is 2. The molecule has 1 N–H and O–H groups in total. The summed E-state index contributed by atoms with van der Waals surface area (Å²) in [6.07, 6.45) is 0. The Balaban J connectivity index is 1.76. The molecule has 1 atom stereocenters. The third kappa shape index (κ3) is 4.55. The lowest BCUT2D eigenvalue weighted by molar-refractivity contribution is 0.205. The molecule has 0 spiro atoms. The number of anilines is 1. The van der Waals surface area contributed by atoms with E-state index in [1.807, 2.05) is 50.2 Å². The molecule has 0 saturated carbocycles. The summed E-state index contributed by atoms with van der Waals surface area (Å²) in [6.45, 7) is 3.79. The molecule has 8 heteroatoms. The molecule has 0 bridgehead atoms. The normalized spacial score (nSPS) is 11.7. The van der Waals surface area contributed by atoms with Gasteiger partial charge in [0.15, 0.2) is 0 Å². The molecule has 0 fully saturated rings. The summed E-state index contributed by atoms with van der Waals surface area (Å²) in [7, 11) is 4.75. The zero-order chi connectivity index (χ0) is 25.1. The SMILES string of the molecule is COc1ccc(NC(=O)N(C)C(C)c2nc3ccccc3c(=O)n2-c2ccccc2C)c(OC)c1. The maximum Gasteiger partial charge on any atom is 0.322 e. The molecule has 0 radical (unpaired) electrons. The van der Waals surface area contributed by atoms with Crippen LogP contribution in [0.1, 0.15) is 24.4 Å². The molecule has 3 aromatic carbocycles. The molecule has 0 aliphatic rings. The number of amides is 2. The van der Waals surface area contributed by atoms with Gasteiger partial charge in [-0.1, -0.05) is 30.3 Å². The van der Waals surface area contributed by atoms with Crippen LogP contribution in [-0.2, 0) is 0 Å². The van der Waals surface area contributed by atoms with Crippen LogP contribution in [0.2, 0.25) is 0 Å². The van der Waals surface area contributed by atoms with E-state index >= 15 is 0 Å². The molecular formula is C27H28N4O4. The highest BCUT2D eigenvalue weighted by atomic mass is 16.5. The minimum atomic E-state index is -0.531. The number of nitrogens with zero attached hydrogens (tertiary/aromatic N) is 3. The second-order valence-electron chi connectivity index (χ2n) is 8.20. The average molecular weight is 473 g/mol. The van der Waals surface area contributed by atoms with Crippen LogP contribution < -0.4 is 20.3 Å². The first-order chi connectivity index (χ1) is 16.8. The van der Waals surface area contributed by atoms with E-state index < -0.39 is 6.04 Å². The van der Waals surface area contributed by atoms with Crippen LogP contribution in [0, 0.1) is 6.92 Å². The van der Waals surface area contributed by atoms with Gasteiger partial charge in [-0.3, -0.25) is 9.36 Å². The average Bonchev–Trinajstić information content (AvgIpc) is 2.88. The highest BCUT2D eigenvalue weighted by Crippen LogP contribution is 2.30. The van der Waals surface area contributed by atoms with Crippen molar-refractivity contribution in [2.75, 3.05) is 26.6 Å². The summed E-state index contributed by atoms with van der Waals surface area (Å²) >= 11 is 0. The van der Waals surface area contributed by atoms with Crippen LogP contribution in [0.15, 0.2) is 71.5 Å². The fraction of sp³-hybridized carbons (Fsp3) is 0.222. The summed E-state index contributed by atoms with van der Waals surface area (Å²) < 4.78 is 12.2. The number of rotatable bonds is 6. The van der Waals surface area contributed by atoms with E-state index in [1.54, 1.807) is 49.1 Å². The minimum absolute atomic E-state index is 0.183. The Morgan fingerprint density at radius 2 is 1.74 bits per heavy atom. The van der Waals surface area contributed by atoms with Gasteiger partial charge < -0.3 is 19.7 Å². The van der Waals surface area contributed by atoms with Crippen LogP contribution >= 0.6 is 0 Å². The highest BCUT2D eigenvalue weighted by molar-refractivity contribution is 5.91. The van der Waals surface area contributed by atoms with Crippen LogP contribution in [0.3, 0.4) is 0 Å². The van der Waals surface area contributed by atoms with E-state index in [4.69, 9.17) is 14.5 Å². The molecule has 4 rings (SSSR count). The standard InChI is InChI=1S/C27H28N4O4/c1-17-10-6-9-13-23(17)31-25(28-21-12-8-7-11-20(21)26(31)32)18(2)30(3)27(33)29-22-15-14-19(34-4)16-24(22)35-5/h6-16,18H,1-5H3,(H,29,33). The number of aryl methyl sites for hydroxylation is 1. The van der Waals surface area contributed by atoms with Crippen LogP contribution in [0.5, 0.6) is 11.5 Å². The first-order valence-electron chi connectivity index (χ1n) is 11.2. The number of fused-ring (bicyclic) bond motifs is 1. The second-order valence-corrected chi connectivity index (χ2v) is 8.20. The maximum atomic E-state index is 13.6. The molecule has 0 aliphatic carbocycles. The van der Waals surface area contributed by atoms with Crippen molar-refractivity contribution < 1.29 is 14.3 Å². The molecule has 2 amide bonds. The van der Waals surface area contributed by atoms with E-state index in [9.17, 15) is 9.59 Å². The smallest absolute Gasteiger partial charge is 0.322 e. The third-order valence-corrected chi connectivity index (χ3v) is 6.08. The molecule has 180 valence electrons. The summed E-state index contributed by atoms with van der Waals surface area (Å²) in [5.74, 6) is 1.55. The van der Waals surface area contributed by atoms with Gasteiger partial charge in [0.2, 0.25) is 0 Å². The Bertz CT molecular complexity index is 1450. The topological polar surface area (TPSA) is 85.7 Å². The van der Waals surface area contributed by atoms with Crippen molar-refractivity contribution >= 4 is 22.6 Å². The van der Waals surface area contributed by atoms with E-state index in [-0.39, 0.29) is 11.6 Å². The summed E-state index contributed by atoms with van der Waals surface area (Å²) in [6, 6.07) is 19.1. The fourth-order valence-corrected chi connectivity index (χ4v) is 3.93. The Labute approximate surface area is 203 Å². The molecule has 1 unspecified atom stereocenters. The second kappa shape index (κ2) is 9.89. The Hall–Kier alpha value is -4.33. The summed E-state index contributed by atoms with van der Waals surface area (Å²) in [4.78, 5) is 33.2. The number of carbonyl (C=O) groups excluding carboxylic acids is 1. The number of nitrogens with one attached hydrogen (secondary N) is 1. The Morgan fingerprint density at radius 3 is 2.46 bits per heavy atom. The maximum absolute atomic E-state index is 13.6. The third-order valence-electron chi connectivity index (χ3n) is 6.08. The van der Waals surface area contributed by atoms with Gasteiger partial charge in [0, 0.05) is 13.1 Å². The van der Waals surface area contributed by atoms with Crippen LogP contribution in [0.25, 0.3) is 16.6 Å². The van der Waals surface area contributed by atoms with Crippen molar-refractivity contribution in [1.29, 1.82) is 0 Å². The molecule has 8 nitrogen and oxygen atoms in total. The van der Waals surface area contributed by atoms with Crippen molar-refractivity contribution in [2.24, 2.45) is 0 Å². The number of hydrogen-bond acceptors (Lipinski definition) is 5. The number of urea groups is 1. The number of benzene rings is 3. The monoisotopic (exact) mass is 472 g/mol. The van der Waals surface area contributed by atoms with Gasteiger partial charge in [0.25, 0.3) is 5.56 Å². The molecule has 1 heterocycles. The van der Waals surface area contributed by atoms with E-state index in [0.717, 1.165) is 11.3 Å². The van der Waals surface area contributed by atoms with E-state index in [0.29, 0.717) is 33.9 Å². The number of methoxy groups -OCH3 is 2. The zero-order valence-electron chi connectivity index (χ0n) is 20.4. The molecule has 35 heavy (non-hydrogen) atoms. The van der Waals surface area contributed by atoms with Crippen LogP contribution in [0.4, 0.5) is 10.5 Å². The van der Waals surface area contributed by atoms with Crippen LogP contribution in [-0.4, -0.2) is 41.7 Å². The molecule has 0 aliphatic heterocycles. The zero-order valence-corrected chi connectivity index (χ0v) is 20.4. The minimum Gasteiger partial charge on any atom is -0.497 e. The lowest BCUT2D eigenvalue weighted by atomic mass is 10.1. The number of carbonyl (C=O) groups is 1. The van der Waals surface area contributed by atoms with E-state index in [2.05, 4.69) is 5.32 Å². The predicted molar refractivity (Wildman–Crippen MR) is 137 cm³/mol. The van der Waals surface area contributed by atoms with Crippen molar-refractivity contribution in [3.8, 4) is 17.2 Å². The number of aromatic nitrogens is 2. The first kappa shape index (κ1) is 23.8. The van der Waals surface area contributed by atoms with Crippen molar-refractivity contribution in [2.45, 2.75) is 19.9 Å². The van der Waals surface area contributed by atoms with Gasteiger partial charge in [-0.15, -0.1) is 0 Å². The van der Waals surface area contributed by atoms with Crippen molar-refractivity contribution in [3.63, 3.8) is 0 Å².